The maximum Gasteiger partial charge on any atom is 0.409 e. The van der Waals surface area contributed by atoms with Gasteiger partial charge in [0.1, 0.15) is 11.9 Å². The minimum Gasteiger partial charge on any atom is -0.484 e. The second-order valence-corrected chi connectivity index (χ2v) is 9.36. The van der Waals surface area contributed by atoms with E-state index in [4.69, 9.17) is 14.2 Å². The van der Waals surface area contributed by atoms with Crippen molar-refractivity contribution in [2.75, 3.05) is 26.2 Å². The van der Waals surface area contributed by atoms with Crippen LogP contribution in [0.1, 0.15) is 57.8 Å². The van der Waals surface area contributed by atoms with Crippen molar-refractivity contribution in [1.29, 1.82) is 0 Å². The van der Waals surface area contributed by atoms with Gasteiger partial charge < -0.3 is 24.4 Å². The van der Waals surface area contributed by atoms with E-state index in [-0.39, 0.29) is 18.2 Å². The molecule has 2 saturated heterocycles. The van der Waals surface area contributed by atoms with Crippen molar-refractivity contribution < 1.29 is 32.2 Å². The SMILES string of the molecule is O=C(NC1CCC(CCN2CCC(Oc3c(F)cc(F)cc3F)CC2)CC1)OC1CCCO1. The zero-order chi connectivity index (χ0) is 23.2. The van der Waals surface area contributed by atoms with E-state index in [0.29, 0.717) is 37.5 Å². The Morgan fingerprint density at radius 1 is 1.03 bits per heavy atom. The highest BCUT2D eigenvalue weighted by Gasteiger charge is 2.27. The molecule has 184 valence electrons. The van der Waals surface area contributed by atoms with Gasteiger partial charge >= 0.3 is 6.09 Å². The number of likely N-dealkylation sites (tertiary alicyclic amines) is 1. The summed E-state index contributed by atoms with van der Waals surface area (Å²) in [5.41, 5.74) is 0. The van der Waals surface area contributed by atoms with Gasteiger partial charge in [0.05, 0.1) is 6.61 Å². The van der Waals surface area contributed by atoms with Gasteiger partial charge in [-0.25, -0.2) is 18.0 Å². The molecule has 0 bridgehead atoms. The second-order valence-electron chi connectivity index (χ2n) is 9.36. The van der Waals surface area contributed by atoms with E-state index in [0.717, 1.165) is 64.6 Å². The maximum absolute atomic E-state index is 13.8. The molecule has 9 heteroatoms. The van der Waals surface area contributed by atoms with Gasteiger partial charge in [-0.05, 0) is 63.8 Å². The smallest absolute Gasteiger partial charge is 0.409 e. The van der Waals surface area contributed by atoms with Gasteiger partial charge in [0.15, 0.2) is 17.4 Å². The fourth-order valence-corrected chi connectivity index (χ4v) is 4.98. The van der Waals surface area contributed by atoms with Crippen LogP contribution in [-0.4, -0.2) is 55.7 Å². The van der Waals surface area contributed by atoms with Crippen molar-refractivity contribution in [2.24, 2.45) is 5.92 Å². The lowest BCUT2D eigenvalue weighted by Crippen LogP contribution is -2.41. The summed E-state index contributed by atoms with van der Waals surface area (Å²) >= 11 is 0. The predicted molar refractivity (Wildman–Crippen MR) is 115 cm³/mol. The first kappa shape index (κ1) is 24.1. The second kappa shape index (κ2) is 11.4. The summed E-state index contributed by atoms with van der Waals surface area (Å²) in [7, 11) is 0. The monoisotopic (exact) mass is 470 g/mol. The maximum atomic E-state index is 13.8. The largest absolute Gasteiger partial charge is 0.484 e. The lowest BCUT2D eigenvalue weighted by molar-refractivity contribution is -0.0688. The van der Waals surface area contributed by atoms with E-state index >= 15 is 0 Å². The van der Waals surface area contributed by atoms with Crippen LogP contribution in [0.25, 0.3) is 0 Å². The van der Waals surface area contributed by atoms with Crippen molar-refractivity contribution in [1.82, 2.24) is 10.2 Å². The van der Waals surface area contributed by atoms with E-state index in [1.165, 1.54) is 0 Å². The number of carbonyl (C=O) groups excluding carboxylic acids is 1. The van der Waals surface area contributed by atoms with E-state index in [9.17, 15) is 18.0 Å². The molecule has 0 aromatic heterocycles. The number of amides is 1. The normalized spacial score (nSPS) is 26.8. The zero-order valence-electron chi connectivity index (χ0n) is 18.9. The molecule has 4 rings (SSSR count). The minimum atomic E-state index is -1.000. The molecular weight excluding hydrogens is 437 g/mol. The van der Waals surface area contributed by atoms with Crippen LogP contribution in [0, 0.1) is 23.4 Å². The van der Waals surface area contributed by atoms with Crippen molar-refractivity contribution >= 4 is 6.09 Å². The number of hydrogen-bond donors (Lipinski definition) is 1. The van der Waals surface area contributed by atoms with Crippen LogP contribution in [0.4, 0.5) is 18.0 Å². The Balaban J connectivity index is 1.10. The third-order valence-corrected chi connectivity index (χ3v) is 6.93. The van der Waals surface area contributed by atoms with Crippen LogP contribution in [0.5, 0.6) is 5.75 Å². The Bertz CT molecular complexity index is 767. The molecule has 2 heterocycles. The summed E-state index contributed by atoms with van der Waals surface area (Å²) in [6.07, 6.45) is 7.17. The summed E-state index contributed by atoms with van der Waals surface area (Å²) in [6.45, 7) is 3.25. The molecule has 1 amide bonds. The first-order chi connectivity index (χ1) is 16.0. The number of ether oxygens (including phenoxy) is 3. The summed E-state index contributed by atoms with van der Waals surface area (Å²) < 4.78 is 56.8. The van der Waals surface area contributed by atoms with E-state index in [2.05, 4.69) is 10.2 Å². The summed E-state index contributed by atoms with van der Waals surface area (Å²) in [5.74, 6) is -2.80. The highest BCUT2D eigenvalue weighted by molar-refractivity contribution is 5.67. The fraction of sp³-hybridized carbons (Fsp3) is 0.708. The molecule has 1 N–H and O–H groups in total. The molecule has 1 saturated carbocycles. The highest BCUT2D eigenvalue weighted by Crippen LogP contribution is 2.29. The number of carbonyl (C=O) groups is 1. The van der Waals surface area contributed by atoms with Gasteiger partial charge in [-0.2, -0.15) is 0 Å². The minimum absolute atomic E-state index is 0.162. The van der Waals surface area contributed by atoms with Crippen LogP contribution in [0.3, 0.4) is 0 Å². The van der Waals surface area contributed by atoms with Gasteiger partial charge in [-0.3, -0.25) is 0 Å². The van der Waals surface area contributed by atoms with Gasteiger partial charge in [0.2, 0.25) is 6.29 Å². The highest BCUT2D eigenvalue weighted by atomic mass is 19.1. The third-order valence-electron chi connectivity index (χ3n) is 6.93. The van der Waals surface area contributed by atoms with Crippen molar-refractivity contribution in [2.45, 2.75) is 76.2 Å². The topological polar surface area (TPSA) is 60.0 Å². The Labute approximate surface area is 192 Å². The van der Waals surface area contributed by atoms with Gasteiger partial charge in [0, 0.05) is 37.7 Å². The number of piperidine rings is 1. The average molecular weight is 471 g/mol. The molecule has 1 unspecified atom stereocenters. The van der Waals surface area contributed by atoms with Crippen LogP contribution in [0.2, 0.25) is 0 Å². The third kappa shape index (κ3) is 6.99. The molecule has 6 nitrogen and oxygen atoms in total. The number of alkyl carbamates (subject to hydrolysis) is 1. The molecule has 1 aliphatic carbocycles. The Hall–Kier alpha value is -2.00. The molecule has 33 heavy (non-hydrogen) atoms. The lowest BCUT2D eigenvalue weighted by Gasteiger charge is -2.34. The van der Waals surface area contributed by atoms with Crippen LogP contribution < -0.4 is 10.1 Å². The molecule has 0 spiro atoms. The molecule has 1 aromatic rings. The lowest BCUT2D eigenvalue weighted by atomic mass is 9.84. The summed E-state index contributed by atoms with van der Waals surface area (Å²) in [5, 5.41) is 2.97. The molecule has 3 fully saturated rings. The molecule has 1 atom stereocenters. The Morgan fingerprint density at radius 2 is 1.73 bits per heavy atom. The Morgan fingerprint density at radius 3 is 2.36 bits per heavy atom. The zero-order valence-corrected chi connectivity index (χ0v) is 18.9. The van der Waals surface area contributed by atoms with Crippen molar-refractivity contribution in [3.05, 3.63) is 29.6 Å². The predicted octanol–water partition coefficient (Wildman–Crippen LogP) is 4.76. The standard InChI is InChI=1S/C24H33F3N2O4/c25-17-14-20(26)23(21(27)15-17)32-19-8-11-29(12-9-19)10-7-16-3-5-18(6-4-16)28-24(30)33-22-2-1-13-31-22/h14-16,18-19,22H,1-13H2,(H,28,30). The van der Waals surface area contributed by atoms with E-state index in [1.807, 2.05) is 0 Å². The van der Waals surface area contributed by atoms with Crippen molar-refractivity contribution in [3.8, 4) is 5.75 Å². The number of nitrogens with one attached hydrogen (secondary N) is 1. The summed E-state index contributed by atoms with van der Waals surface area (Å²) in [4.78, 5) is 14.3. The number of hydrogen-bond acceptors (Lipinski definition) is 5. The molecule has 1 aromatic carbocycles. The number of rotatable bonds is 7. The first-order valence-electron chi connectivity index (χ1n) is 12.1. The van der Waals surface area contributed by atoms with E-state index < -0.39 is 29.5 Å². The summed E-state index contributed by atoms with van der Waals surface area (Å²) in [6, 6.07) is 1.45. The first-order valence-corrected chi connectivity index (χ1v) is 12.1. The van der Waals surface area contributed by atoms with Gasteiger partial charge in [-0.15, -0.1) is 0 Å². The number of benzene rings is 1. The van der Waals surface area contributed by atoms with Crippen LogP contribution >= 0.6 is 0 Å². The number of nitrogens with zero attached hydrogens (tertiary/aromatic N) is 1. The van der Waals surface area contributed by atoms with Gasteiger partial charge in [0.25, 0.3) is 0 Å². The molecule has 2 aliphatic heterocycles. The average Bonchev–Trinajstić information content (AvgIpc) is 3.29. The number of halogens is 3. The van der Waals surface area contributed by atoms with Crippen LogP contribution in [0.15, 0.2) is 12.1 Å². The van der Waals surface area contributed by atoms with Crippen molar-refractivity contribution in [3.63, 3.8) is 0 Å². The quantitative estimate of drug-likeness (QED) is 0.623. The Kier molecular flexibility index (Phi) is 8.35. The van der Waals surface area contributed by atoms with Gasteiger partial charge in [-0.1, -0.05) is 0 Å². The van der Waals surface area contributed by atoms with Crippen LogP contribution in [-0.2, 0) is 9.47 Å². The fourth-order valence-electron chi connectivity index (χ4n) is 4.98. The molecular formula is C24H33F3N2O4. The molecule has 0 radical (unpaired) electrons. The molecule has 3 aliphatic rings. The van der Waals surface area contributed by atoms with E-state index in [1.54, 1.807) is 0 Å².